The van der Waals surface area contributed by atoms with E-state index in [2.05, 4.69) is 16.0 Å². The van der Waals surface area contributed by atoms with Crippen molar-refractivity contribution in [1.82, 2.24) is 16.0 Å². The van der Waals surface area contributed by atoms with Gasteiger partial charge in [-0.05, 0) is 67.8 Å². The van der Waals surface area contributed by atoms with E-state index in [-0.39, 0.29) is 16.7 Å². The Kier molecular flexibility index (Phi) is 7.92. The summed E-state index contributed by atoms with van der Waals surface area (Å²) in [6.07, 6.45) is -1.48. The lowest BCUT2D eigenvalue weighted by Crippen LogP contribution is -2.31. The monoisotopic (exact) mass is 657 g/mol. The Hall–Kier alpha value is -0.220. The van der Waals surface area contributed by atoms with Crippen LogP contribution in [0.5, 0.6) is 0 Å². The molecule has 0 fully saturated rings. The normalized spacial score (nSPS) is 11.6. The summed E-state index contributed by atoms with van der Waals surface area (Å²) in [5.41, 5.74) is 0.750. The average molecular weight is 657 g/mol. The van der Waals surface area contributed by atoms with Crippen LogP contribution < -0.4 is 16.0 Å². The molecule has 1 aromatic rings. The Morgan fingerprint density at radius 3 is 1.52 bits per heavy atom. The van der Waals surface area contributed by atoms with Crippen molar-refractivity contribution in [3.63, 3.8) is 0 Å². The first-order valence-electron chi connectivity index (χ1n) is 6.26. The summed E-state index contributed by atoms with van der Waals surface area (Å²) >= 11 is 5.73. The molecule has 1 atom stereocenters. The van der Waals surface area contributed by atoms with Crippen molar-refractivity contribution in [1.29, 1.82) is 0 Å². The molecule has 0 heterocycles. The van der Waals surface area contributed by atoms with Crippen LogP contribution in [0, 0.1) is 10.7 Å². The highest BCUT2D eigenvalue weighted by Gasteiger charge is 2.31. The fraction of sp³-hybridized carbons (Fsp3) is 0.308. The number of benzene rings is 1. The number of hydrogen-bond acceptors (Lipinski definition) is 4. The van der Waals surface area contributed by atoms with Gasteiger partial charge in [0.25, 0.3) is 17.7 Å². The smallest absolute Gasteiger partial charge is 0.253 e. The summed E-state index contributed by atoms with van der Waals surface area (Å²) in [5.74, 6) is -1.41. The molecule has 0 saturated heterocycles. The van der Waals surface area contributed by atoms with E-state index in [1.165, 1.54) is 21.1 Å². The van der Waals surface area contributed by atoms with Gasteiger partial charge in [-0.2, -0.15) is 0 Å². The molecule has 1 rings (SSSR count). The molecular formula is C13H14I3N3O4. The molecule has 0 aliphatic rings. The van der Waals surface area contributed by atoms with E-state index in [0.717, 1.165) is 0 Å². The van der Waals surface area contributed by atoms with Crippen LogP contribution in [0.4, 0.5) is 0 Å². The van der Waals surface area contributed by atoms with Crippen LogP contribution in [0.2, 0.25) is 0 Å². The van der Waals surface area contributed by atoms with Gasteiger partial charge in [0, 0.05) is 37.4 Å². The number of carbonyl (C=O) groups excluding carboxylic acids is 3. The Morgan fingerprint density at radius 2 is 1.22 bits per heavy atom. The molecule has 7 nitrogen and oxygen atoms in total. The van der Waals surface area contributed by atoms with Crippen LogP contribution in [-0.2, 0) is 4.79 Å². The highest BCUT2D eigenvalue weighted by molar-refractivity contribution is 14.1. The molecule has 1 aromatic carbocycles. The van der Waals surface area contributed by atoms with Gasteiger partial charge < -0.3 is 21.1 Å². The van der Waals surface area contributed by atoms with Crippen molar-refractivity contribution in [2.24, 2.45) is 0 Å². The van der Waals surface area contributed by atoms with Crippen molar-refractivity contribution in [2.45, 2.75) is 6.10 Å². The van der Waals surface area contributed by atoms with Crippen molar-refractivity contribution < 1.29 is 19.5 Å². The summed E-state index contributed by atoms with van der Waals surface area (Å²) in [6.45, 7) is 0. The van der Waals surface area contributed by atoms with E-state index >= 15 is 0 Å². The number of rotatable bonds is 4. The molecule has 0 bridgehead atoms. The molecule has 0 aliphatic carbocycles. The van der Waals surface area contributed by atoms with Crippen molar-refractivity contribution in [2.75, 3.05) is 21.1 Å². The largest absolute Gasteiger partial charge is 0.378 e. The second-order valence-corrected chi connectivity index (χ2v) is 7.52. The third-order valence-corrected chi connectivity index (χ3v) is 6.35. The van der Waals surface area contributed by atoms with E-state index < -0.39 is 23.8 Å². The minimum absolute atomic E-state index is 0.239. The Balaban J connectivity index is 3.86. The van der Waals surface area contributed by atoms with Crippen LogP contribution in [0.3, 0.4) is 0 Å². The van der Waals surface area contributed by atoms with Gasteiger partial charge in [0.1, 0.15) is 0 Å². The number of nitrogens with one attached hydrogen (secondary N) is 3. The highest BCUT2D eigenvalue weighted by Crippen LogP contribution is 2.35. The number of carbonyl (C=O) groups is 3. The summed E-state index contributed by atoms with van der Waals surface area (Å²) in [6, 6.07) is 0. The lowest BCUT2D eigenvalue weighted by molar-refractivity contribution is -0.129. The maximum Gasteiger partial charge on any atom is 0.253 e. The zero-order valence-corrected chi connectivity index (χ0v) is 18.9. The molecule has 10 heteroatoms. The first kappa shape index (κ1) is 20.8. The SMILES string of the molecule is CNC(=O)c1c(I)c(C(=O)NC)c(I)c(C(O)C(=O)NC)c1I. The summed E-state index contributed by atoms with van der Waals surface area (Å²) in [5, 5.41) is 17.7. The van der Waals surface area contributed by atoms with E-state index in [1.54, 1.807) is 0 Å². The molecule has 0 saturated carbocycles. The van der Waals surface area contributed by atoms with Crippen LogP contribution >= 0.6 is 67.8 Å². The second-order valence-electron chi connectivity index (χ2n) is 4.28. The van der Waals surface area contributed by atoms with E-state index in [9.17, 15) is 19.5 Å². The summed E-state index contributed by atoms with van der Waals surface area (Å²) < 4.78 is 1.32. The Morgan fingerprint density at radius 1 is 0.826 bits per heavy atom. The highest BCUT2D eigenvalue weighted by atomic mass is 127. The number of likely N-dealkylation sites (N-methyl/N-ethyl adjacent to an activating group) is 1. The predicted octanol–water partition coefficient (Wildman–Crippen LogP) is 0.999. The first-order valence-corrected chi connectivity index (χ1v) is 9.50. The number of amides is 3. The van der Waals surface area contributed by atoms with Gasteiger partial charge in [-0.25, -0.2) is 0 Å². The van der Waals surface area contributed by atoms with Crippen LogP contribution in [0.15, 0.2) is 0 Å². The molecule has 0 aromatic heterocycles. The molecule has 23 heavy (non-hydrogen) atoms. The van der Waals surface area contributed by atoms with Crippen LogP contribution in [-0.4, -0.2) is 44.0 Å². The zero-order valence-electron chi connectivity index (χ0n) is 12.4. The van der Waals surface area contributed by atoms with Gasteiger partial charge in [0.05, 0.1) is 11.1 Å². The standard InChI is InChI=1S/C13H14I3N3O4/c1-17-11(21)5-7(14)4(10(20)13(23)19-3)8(15)6(9(5)16)12(22)18-2/h10,20H,1-3H3,(H,17,21)(H,18,22)(H,19,23). The Labute approximate surface area is 174 Å². The molecule has 0 aliphatic heterocycles. The zero-order chi connectivity index (χ0) is 17.9. The topological polar surface area (TPSA) is 108 Å². The predicted molar refractivity (Wildman–Crippen MR) is 110 cm³/mol. The molecule has 0 spiro atoms. The van der Waals surface area contributed by atoms with Crippen molar-refractivity contribution in [3.8, 4) is 0 Å². The van der Waals surface area contributed by atoms with Gasteiger partial charge in [-0.1, -0.05) is 0 Å². The third-order valence-electron chi connectivity index (χ3n) is 3.03. The van der Waals surface area contributed by atoms with E-state index in [1.807, 2.05) is 67.8 Å². The fourth-order valence-corrected chi connectivity index (χ4v) is 6.58. The van der Waals surface area contributed by atoms with Gasteiger partial charge >= 0.3 is 0 Å². The van der Waals surface area contributed by atoms with Crippen LogP contribution in [0.1, 0.15) is 32.4 Å². The Bertz CT molecular complexity index is 636. The average Bonchev–Trinajstić information content (AvgIpc) is 2.52. The molecule has 0 radical (unpaired) electrons. The molecule has 3 amide bonds. The van der Waals surface area contributed by atoms with Crippen molar-refractivity contribution in [3.05, 3.63) is 27.4 Å². The maximum atomic E-state index is 12.2. The molecule has 126 valence electrons. The summed E-state index contributed by atoms with van der Waals surface area (Å²) in [4.78, 5) is 36.2. The number of aliphatic hydroxyl groups is 1. The molecule has 4 N–H and O–H groups in total. The molecular weight excluding hydrogens is 643 g/mol. The van der Waals surface area contributed by atoms with Crippen LogP contribution in [0.25, 0.3) is 0 Å². The minimum Gasteiger partial charge on any atom is -0.378 e. The second kappa shape index (κ2) is 8.75. The minimum atomic E-state index is -1.48. The fourth-order valence-electron chi connectivity index (χ4n) is 1.84. The number of hydrogen-bond donors (Lipinski definition) is 4. The molecule has 1 unspecified atom stereocenters. The number of aliphatic hydroxyl groups excluding tert-OH is 1. The van der Waals surface area contributed by atoms with Gasteiger partial charge in [-0.15, -0.1) is 0 Å². The lowest BCUT2D eigenvalue weighted by atomic mass is 10.00. The van der Waals surface area contributed by atoms with Gasteiger partial charge in [0.2, 0.25) is 0 Å². The van der Waals surface area contributed by atoms with E-state index in [4.69, 9.17) is 0 Å². The first-order chi connectivity index (χ1) is 10.7. The third kappa shape index (κ3) is 4.07. The number of halogens is 3. The van der Waals surface area contributed by atoms with Gasteiger partial charge in [0.15, 0.2) is 6.10 Å². The van der Waals surface area contributed by atoms with E-state index in [0.29, 0.717) is 10.7 Å². The van der Waals surface area contributed by atoms with Crippen molar-refractivity contribution >= 4 is 85.5 Å². The quantitative estimate of drug-likeness (QED) is 0.363. The lowest BCUT2D eigenvalue weighted by Gasteiger charge is -2.20. The summed E-state index contributed by atoms with van der Waals surface area (Å²) in [7, 11) is 4.35. The maximum absolute atomic E-state index is 12.2. The van der Waals surface area contributed by atoms with Gasteiger partial charge in [-0.3, -0.25) is 14.4 Å².